The van der Waals surface area contributed by atoms with E-state index in [1.807, 2.05) is 0 Å². The minimum absolute atomic E-state index is 0.129. The third-order valence-corrected chi connectivity index (χ3v) is 4.67. The Hall–Kier alpha value is -0.680. The predicted molar refractivity (Wildman–Crippen MR) is 84.2 cm³/mol. The van der Waals surface area contributed by atoms with Gasteiger partial charge in [0.25, 0.3) is 0 Å². The summed E-state index contributed by atoms with van der Waals surface area (Å²) in [5.41, 5.74) is 5.46. The SMILES string of the molecule is NCCc1cccc(C(F)(F)F)c1C1CC(Cl)=C(Cl)C=C1Cl. The lowest BCUT2D eigenvalue weighted by Crippen LogP contribution is -2.18. The van der Waals surface area contributed by atoms with Crippen molar-refractivity contribution in [3.05, 3.63) is 56.1 Å². The molecular formula is C15H13Cl3F3N. The lowest BCUT2D eigenvalue weighted by atomic mass is 9.84. The van der Waals surface area contributed by atoms with Crippen molar-refractivity contribution in [3.63, 3.8) is 0 Å². The molecule has 0 saturated heterocycles. The summed E-state index contributed by atoms with van der Waals surface area (Å²) in [6, 6.07) is 4.06. The molecule has 1 aromatic rings. The van der Waals surface area contributed by atoms with Gasteiger partial charge in [0.2, 0.25) is 0 Å². The fourth-order valence-electron chi connectivity index (χ4n) is 2.56. The van der Waals surface area contributed by atoms with E-state index >= 15 is 0 Å². The van der Waals surface area contributed by atoms with Gasteiger partial charge < -0.3 is 5.73 Å². The van der Waals surface area contributed by atoms with Gasteiger partial charge in [-0.25, -0.2) is 0 Å². The van der Waals surface area contributed by atoms with Crippen LogP contribution in [0.1, 0.15) is 29.0 Å². The van der Waals surface area contributed by atoms with Crippen LogP contribution in [0.15, 0.2) is 39.4 Å². The molecule has 1 nitrogen and oxygen atoms in total. The molecule has 1 aromatic carbocycles. The van der Waals surface area contributed by atoms with E-state index in [4.69, 9.17) is 40.5 Å². The van der Waals surface area contributed by atoms with Crippen molar-refractivity contribution < 1.29 is 13.2 Å². The second kappa shape index (κ2) is 6.83. The van der Waals surface area contributed by atoms with E-state index in [9.17, 15) is 13.2 Å². The van der Waals surface area contributed by atoms with Gasteiger partial charge >= 0.3 is 6.18 Å². The summed E-state index contributed by atoms with van der Waals surface area (Å²) in [6.07, 6.45) is -2.61. The van der Waals surface area contributed by atoms with Crippen LogP contribution in [-0.4, -0.2) is 6.54 Å². The average Bonchev–Trinajstić information content (AvgIpc) is 2.42. The molecule has 0 heterocycles. The molecule has 22 heavy (non-hydrogen) atoms. The molecule has 1 unspecified atom stereocenters. The number of hydrogen-bond acceptors (Lipinski definition) is 1. The first-order chi connectivity index (χ1) is 10.3. The minimum Gasteiger partial charge on any atom is -0.330 e. The van der Waals surface area contributed by atoms with Gasteiger partial charge in [0.15, 0.2) is 0 Å². The average molecular weight is 371 g/mol. The quantitative estimate of drug-likeness (QED) is 0.746. The molecule has 0 spiro atoms. The minimum atomic E-state index is -4.48. The van der Waals surface area contributed by atoms with E-state index in [2.05, 4.69) is 0 Å². The first kappa shape index (κ1) is 17.7. The molecule has 0 fully saturated rings. The largest absolute Gasteiger partial charge is 0.416 e. The Morgan fingerprint density at radius 1 is 1.18 bits per heavy atom. The van der Waals surface area contributed by atoms with E-state index < -0.39 is 17.7 Å². The first-order valence-corrected chi connectivity index (χ1v) is 7.69. The molecule has 0 bridgehead atoms. The Balaban J connectivity index is 2.61. The Kier molecular flexibility index (Phi) is 5.49. The normalized spacial score (nSPS) is 19.4. The lowest BCUT2D eigenvalue weighted by molar-refractivity contribution is -0.138. The van der Waals surface area contributed by atoms with Gasteiger partial charge in [-0.1, -0.05) is 46.9 Å². The van der Waals surface area contributed by atoms with E-state index in [-0.39, 0.29) is 28.6 Å². The zero-order valence-corrected chi connectivity index (χ0v) is 13.6. The summed E-state index contributed by atoms with van der Waals surface area (Å²) in [5, 5.41) is 0.795. The molecule has 0 aromatic heterocycles. The van der Waals surface area contributed by atoms with Crippen molar-refractivity contribution >= 4 is 34.8 Å². The zero-order chi connectivity index (χ0) is 16.5. The topological polar surface area (TPSA) is 26.0 Å². The van der Waals surface area contributed by atoms with Crippen LogP contribution in [0.5, 0.6) is 0 Å². The van der Waals surface area contributed by atoms with Crippen molar-refractivity contribution in [1.29, 1.82) is 0 Å². The Morgan fingerprint density at radius 2 is 1.86 bits per heavy atom. The number of hydrogen-bond donors (Lipinski definition) is 1. The van der Waals surface area contributed by atoms with Crippen LogP contribution in [0.4, 0.5) is 13.2 Å². The van der Waals surface area contributed by atoms with E-state index in [0.29, 0.717) is 17.0 Å². The van der Waals surface area contributed by atoms with Crippen LogP contribution >= 0.6 is 34.8 Å². The van der Waals surface area contributed by atoms with Gasteiger partial charge in [-0.2, -0.15) is 13.2 Å². The number of halogens is 6. The molecule has 120 valence electrons. The molecular weight excluding hydrogens is 358 g/mol. The molecule has 2 rings (SSSR count). The third kappa shape index (κ3) is 3.62. The summed E-state index contributed by atoms with van der Waals surface area (Å²) < 4.78 is 40.1. The fourth-order valence-corrected chi connectivity index (χ4v) is 3.31. The van der Waals surface area contributed by atoms with Crippen LogP contribution in [0.25, 0.3) is 0 Å². The van der Waals surface area contributed by atoms with Crippen molar-refractivity contribution in [2.45, 2.75) is 24.9 Å². The van der Waals surface area contributed by atoms with Crippen molar-refractivity contribution in [2.75, 3.05) is 6.54 Å². The molecule has 0 radical (unpaired) electrons. The molecule has 1 aliphatic carbocycles. The number of alkyl halides is 3. The molecule has 1 atom stereocenters. The summed E-state index contributed by atoms with van der Waals surface area (Å²) in [5.74, 6) is -0.670. The van der Waals surface area contributed by atoms with Crippen LogP contribution in [0.2, 0.25) is 0 Å². The molecule has 1 aliphatic rings. The van der Waals surface area contributed by atoms with Gasteiger partial charge in [0, 0.05) is 16.0 Å². The van der Waals surface area contributed by atoms with Crippen molar-refractivity contribution in [2.24, 2.45) is 5.73 Å². The number of rotatable bonds is 3. The highest BCUT2D eigenvalue weighted by Gasteiger charge is 2.38. The summed E-state index contributed by atoms with van der Waals surface area (Å²) >= 11 is 18.1. The maximum atomic E-state index is 13.4. The van der Waals surface area contributed by atoms with Crippen LogP contribution in [-0.2, 0) is 12.6 Å². The molecule has 0 amide bonds. The van der Waals surface area contributed by atoms with Gasteiger partial charge in [-0.05, 0) is 42.7 Å². The van der Waals surface area contributed by atoms with Crippen LogP contribution < -0.4 is 5.73 Å². The highest BCUT2D eigenvalue weighted by molar-refractivity contribution is 6.42. The molecule has 7 heteroatoms. The molecule has 0 aliphatic heterocycles. The van der Waals surface area contributed by atoms with Gasteiger partial charge in [0.05, 0.1) is 10.6 Å². The van der Waals surface area contributed by atoms with Crippen LogP contribution in [0.3, 0.4) is 0 Å². The Bertz CT molecular complexity index is 635. The summed E-state index contributed by atoms with van der Waals surface area (Å²) in [7, 11) is 0. The van der Waals surface area contributed by atoms with E-state index in [1.165, 1.54) is 12.1 Å². The number of benzene rings is 1. The van der Waals surface area contributed by atoms with Gasteiger partial charge in [-0.3, -0.25) is 0 Å². The maximum absolute atomic E-state index is 13.4. The van der Waals surface area contributed by atoms with Gasteiger partial charge in [0.1, 0.15) is 0 Å². The first-order valence-electron chi connectivity index (χ1n) is 6.56. The highest BCUT2D eigenvalue weighted by atomic mass is 35.5. The maximum Gasteiger partial charge on any atom is 0.416 e. The third-order valence-electron chi connectivity index (χ3n) is 3.50. The zero-order valence-electron chi connectivity index (χ0n) is 11.4. The lowest BCUT2D eigenvalue weighted by Gasteiger charge is -2.26. The van der Waals surface area contributed by atoms with Crippen molar-refractivity contribution in [1.82, 2.24) is 0 Å². The van der Waals surface area contributed by atoms with E-state index in [0.717, 1.165) is 6.07 Å². The summed E-state index contributed by atoms with van der Waals surface area (Å²) in [4.78, 5) is 0. The van der Waals surface area contributed by atoms with Crippen molar-refractivity contribution in [3.8, 4) is 0 Å². The highest BCUT2D eigenvalue weighted by Crippen LogP contribution is 2.46. The van der Waals surface area contributed by atoms with Crippen LogP contribution in [0, 0.1) is 0 Å². The fraction of sp³-hybridized carbons (Fsp3) is 0.333. The molecule has 0 saturated carbocycles. The Labute approximate surface area is 141 Å². The number of nitrogens with two attached hydrogens (primary N) is 1. The van der Waals surface area contributed by atoms with E-state index in [1.54, 1.807) is 6.07 Å². The predicted octanol–water partition coefficient (Wildman–Crippen LogP) is 5.51. The monoisotopic (exact) mass is 369 g/mol. The standard InChI is InChI=1S/C15H13Cl3F3N/c16-11-7-13(18)12(17)6-9(11)14-8(4-5-22)2-1-3-10(14)15(19,20)21/h1-3,7,9H,4-6,22H2. The smallest absolute Gasteiger partial charge is 0.330 e. The second-order valence-corrected chi connectivity index (χ2v) is 6.25. The Morgan fingerprint density at radius 3 is 2.45 bits per heavy atom. The second-order valence-electron chi connectivity index (χ2n) is 4.95. The summed E-state index contributed by atoms with van der Waals surface area (Å²) in [6.45, 7) is 0.243. The number of allylic oxidation sites excluding steroid dienone is 4. The van der Waals surface area contributed by atoms with Gasteiger partial charge in [-0.15, -0.1) is 0 Å². The molecule has 2 N–H and O–H groups in total.